The number of hydrogen-bond donors (Lipinski definition) is 1. The normalized spacial score (nSPS) is 18.8. The van der Waals surface area contributed by atoms with E-state index >= 15 is 0 Å². The van der Waals surface area contributed by atoms with E-state index in [2.05, 4.69) is 24.2 Å². The molecular weight excluding hydrogens is 252 g/mol. The van der Waals surface area contributed by atoms with Crippen molar-refractivity contribution in [2.75, 3.05) is 40.4 Å². The molecule has 1 aliphatic rings. The van der Waals surface area contributed by atoms with Gasteiger partial charge in [0.2, 0.25) is 0 Å². The summed E-state index contributed by atoms with van der Waals surface area (Å²) in [5.41, 5.74) is 0.313. The lowest BCUT2D eigenvalue weighted by atomic mass is 9.90. The molecule has 1 heterocycles. The third kappa shape index (κ3) is 4.12. The Morgan fingerprint density at radius 3 is 2.30 bits per heavy atom. The smallest absolute Gasteiger partial charge is 0.119 e. The van der Waals surface area contributed by atoms with E-state index in [1.807, 2.05) is 24.3 Å². The first-order valence-electron chi connectivity index (χ1n) is 7.33. The van der Waals surface area contributed by atoms with Crippen LogP contribution in [0.3, 0.4) is 0 Å². The van der Waals surface area contributed by atoms with Gasteiger partial charge in [-0.25, -0.2) is 0 Å². The van der Waals surface area contributed by atoms with Crippen LogP contribution in [0.2, 0.25) is 0 Å². The number of hydrogen-bond acceptors (Lipinski definition) is 4. The van der Waals surface area contributed by atoms with Crippen molar-refractivity contribution in [3.8, 4) is 11.5 Å². The van der Waals surface area contributed by atoms with Gasteiger partial charge in [0.05, 0.1) is 7.11 Å². The summed E-state index contributed by atoms with van der Waals surface area (Å²) in [5.74, 6) is 1.77. The maximum atomic E-state index is 5.77. The predicted molar refractivity (Wildman–Crippen MR) is 81.6 cm³/mol. The van der Waals surface area contributed by atoms with Crippen molar-refractivity contribution >= 4 is 0 Å². The van der Waals surface area contributed by atoms with Crippen LogP contribution in [0.5, 0.6) is 11.5 Å². The highest BCUT2D eigenvalue weighted by Crippen LogP contribution is 2.21. The molecule has 1 fully saturated rings. The van der Waals surface area contributed by atoms with E-state index in [1.165, 1.54) is 12.8 Å². The fraction of sp³-hybridized carbons (Fsp3) is 0.625. The maximum Gasteiger partial charge on any atom is 0.119 e. The minimum Gasteiger partial charge on any atom is -0.497 e. The van der Waals surface area contributed by atoms with E-state index in [9.17, 15) is 0 Å². The minimum atomic E-state index is 0.313. The molecule has 112 valence electrons. The van der Waals surface area contributed by atoms with Crippen molar-refractivity contribution in [3.05, 3.63) is 24.3 Å². The van der Waals surface area contributed by atoms with Gasteiger partial charge in [-0.15, -0.1) is 0 Å². The van der Waals surface area contributed by atoms with E-state index < -0.39 is 0 Å². The molecule has 4 heteroatoms. The first kappa shape index (κ1) is 15.1. The lowest BCUT2D eigenvalue weighted by molar-refractivity contribution is 0.132. The van der Waals surface area contributed by atoms with Gasteiger partial charge in [-0.3, -0.25) is 4.90 Å². The second kappa shape index (κ2) is 6.95. The number of benzene rings is 1. The Labute approximate surface area is 122 Å². The number of likely N-dealkylation sites (tertiary alicyclic amines) is 1. The van der Waals surface area contributed by atoms with Gasteiger partial charge in [0, 0.05) is 25.2 Å². The summed E-state index contributed by atoms with van der Waals surface area (Å²) >= 11 is 0. The summed E-state index contributed by atoms with van der Waals surface area (Å²) in [6.07, 6.45) is 2.40. The zero-order valence-electron chi connectivity index (χ0n) is 12.8. The molecule has 1 N–H and O–H groups in total. The molecule has 0 unspecified atom stereocenters. The van der Waals surface area contributed by atoms with E-state index in [1.54, 1.807) is 7.11 Å². The SMILES string of the molecule is CNC1(C)CCN(CCOc2ccc(OC)cc2)CC1. The molecule has 1 aliphatic heterocycles. The summed E-state index contributed by atoms with van der Waals surface area (Å²) in [4.78, 5) is 2.47. The predicted octanol–water partition coefficient (Wildman–Crippen LogP) is 2.15. The van der Waals surface area contributed by atoms with Crippen LogP contribution < -0.4 is 14.8 Å². The van der Waals surface area contributed by atoms with Gasteiger partial charge < -0.3 is 14.8 Å². The molecule has 0 spiro atoms. The van der Waals surface area contributed by atoms with E-state index in [0.717, 1.165) is 37.7 Å². The van der Waals surface area contributed by atoms with Crippen LogP contribution in [-0.2, 0) is 0 Å². The van der Waals surface area contributed by atoms with Crippen molar-refractivity contribution in [3.63, 3.8) is 0 Å². The Hall–Kier alpha value is -1.26. The molecule has 0 amide bonds. The molecule has 0 saturated carbocycles. The molecule has 4 nitrogen and oxygen atoms in total. The van der Waals surface area contributed by atoms with Gasteiger partial charge in [-0.2, -0.15) is 0 Å². The largest absolute Gasteiger partial charge is 0.497 e. The molecule has 1 saturated heterocycles. The highest BCUT2D eigenvalue weighted by molar-refractivity contribution is 5.31. The summed E-state index contributed by atoms with van der Waals surface area (Å²) in [6.45, 7) is 6.32. The summed E-state index contributed by atoms with van der Waals surface area (Å²) < 4.78 is 10.9. The van der Waals surface area contributed by atoms with Crippen LogP contribution in [0.4, 0.5) is 0 Å². The van der Waals surface area contributed by atoms with Crippen molar-refractivity contribution in [2.24, 2.45) is 0 Å². The maximum absolute atomic E-state index is 5.77. The molecular formula is C16H26N2O2. The van der Waals surface area contributed by atoms with Gasteiger partial charge in [-0.05, 0) is 51.1 Å². The van der Waals surface area contributed by atoms with E-state index in [-0.39, 0.29) is 0 Å². The molecule has 1 aromatic carbocycles. The number of nitrogens with zero attached hydrogens (tertiary/aromatic N) is 1. The Balaban J connectivity index is 1.68. The van der Waals surface area contributed by atoms with Crippen LogP contribution in [0.25, 0.3) is 0 Å². The highest BCUT2D eigenvalue weighted by atomic mass is 16.5. The van der Waals surface area contributed by atoms with E-state index in [0.29, 0.717) is 5.54 Å². The zero-order valence-corrected chi connectivity index (χ0v) is 12.8. The first-order valence-corrected chi connectivity index (χ1v) is 7.33. The Morgan fingerprint density at radius 2 is 1.75 bits per heavy atom. The fourth-order valence-corrected chi connectivity index (χ4v) is 2.48. The lowest BCUT2D eigenvalue weighted by Gasteiger charge is -2.39. The number of ether oxygens (including phenoxy) is 2. The van der Waals surface area contributed by atoms with Crippen molar-refractivity contribution < 1.29 is 9.47 Å². The number of methoxy groups -OCH3 is 1. The second-order valence-corrected chi connectivity index (χ2v) is 5.68. The summed E-state index contributed by atoms with van der Waals surface area (Å²) in [6, 6.07) is 7.75. The summed E-state index contributed by atoms with van der Waals surface area (Å²) in [7, 11) is 3.73. The lowest BCUT2D eigenvalue weighted by Crippen LogP contribution is -2.50. The zero-order chi connectivity index (χ0) is 14.4. The fourth-order valence-electron chi connectivity index (χ4n) is 2.48. The van der Waals surface area contributed by atoms with Crippen LogP contribution >= 0.6 is 0 Å². The Morgan fingerprint density at radius 1 is 1.15 bits per heavy atom. The van der Waals surface area contributed by atoms with Gasteiger partial charge in [0.15, 0.2) is 0 Å². The van der Waals surface area contributed by atoms with Gasteiger partial charge >= 0.3 is 0 Å². The Kier molecular flexibility index (Phi) is 5.26. The highest BCUT2D eigenvalue weighted by Gasteiger charge is 2.27. The number of nitrogens with one attached hydrogen (secondary N) is 1. The van der Waals surface area contributed by atoms with Crippen LogP contribution in [-0.4, -0.2) is 50.8 Å². The monoisotopic (exact) mass is 278 g/mol. The molecule has 20 heavy (non-hydrogen) atoms. The van der Waals surface area contributed by atoms with Crippen molar-refractivity contribution in [1.82, 2.24) is 10.2 Å². The van der Waals surface area contributed by atoms with Crippen LogP contribution in [0.15, 0.2) is 24.3 Å². The topological polar surface area (TPSA) is 33.7 Å². The van der Waals surface area contributed by atoms with Gasteiger partial charge in [0.25, 0.3) is 0 Å². The summed E-state index contributed by atoms with van der Waals surface area (Å²) in [5, 5.41) is 3.42. The molecule has 0 bridgehead atoms. The van der Waals surface area contributed by atoms with Crippen molar-refractivity contribution in [2.45, 2.75) is 25.3 Å². The van der Waals surface area contributed by atoms with Crippen LogP contribution in [0.1, 0.15) is 19.8 Å². The standard InChI is InChI=1S/C16H26N2O2/c1-16(17-2)8-10-18(11-9-16)12-13-20-15-6-4-14(19-3)5-7-15/h4-7,17H,8-13H2,1-3H3. The quantitative estimate of drug-likeness (QED) is 0.864. The average Bonchev–Trinajstić information content (AvgIpc) is 2.50. The number of rotatable bonds is 6. The van der Waals surface area contributed by atoms with Gasteiger partial charge in [-0.1, -0.05) is 0 Å². The van der Waals surface area contributed by atoms with Crippen molar-refractivity contribution in [1.29, 1.82) is 0 Å². The molecule has 0 radical (unpaired) electrons. The Bertz CT molecular complexity index is 397. The molecule has 2 rings (SSSR count). The molecule has 0 atom stereocenters. The second-order valence-electron chi connectivity index (χ2n) is 5.68. The molecule has 0 aliphatic carbocycles. The minimum absolute atomic E-state index is 0.313. The number of piperidine rings is 1. The van der Waals surface area contributed by atoms with Gasteiger partial charge in [0.1, 0.15) is 18.1 Å². The first-order chi connectivity index (χ1) is 9.65. The average molecular weight is 278 g/mol. The third-order valence-corrected chi connectivity index (χ3v) is 4.30. The third-order valence-electron chi connectivity index (χ3n) is 4.30. The molecule has 1 aromatic rings. The molecule has 0 aromatic heterocycles. The van der Waals surface area contributed by atoms with E-state index in [4.69, 9.17) is 9.47 Å². The van der Waals surface area contributed by atoms with Crippen LogP contribution in [0, 0.1) is 0 Å².